The summed E-state index contributed by atoms with van der Waals surface area (Å²) < 4.78 is 11.3. The van der Waals surface area contributed by atoms with Crippen LogP contribution < -0.4 is 0 Å². The molecule has 1 saturated heterocycles. The Bertz CT molecular complexity index is 435. The molecule has 1 unspecified atom stereocenters. The van der Waals surface area contributed by atoms with Crippen molar-refractivity contribution in [2.75, 3.05) is 19.8 Å². The quantitative estimate of drug-likeness (QED) is 0.827. The van der Waals surface area contributed by atoms with E-state index in [9.17, 15) is 5.11 Å². The fourth-order valence-corrected chi connectivity index (χ4v) is 2.34. The Morgan fingerprint density at radius 3 is 2.79 bits per heavy atom. The molecule has 19 heavy (non-hydrogen) atoms. The molecular formula is C15H19NO3. The van der Waals surface area contributed by atoms with Gasteiger partial charge in [-0.05, 0) is 18.4 Å². The molecule has 4 nitrogen and oxygen atoms in total. The van der Waals surface area contributed by atoms with Crippen LogP contribution in [0.3, 0.4) is 0 Å². The first-order valence-corrected chi connectivity index (χ1v) is 6.60. The van der Waals surface area contributed by atoms with E-state index in [0.717, 1.165) is 24.0 Å². The summed E-state index contributed by atoms with van der Waals surface area (Å²) in [5.74, 6) is 0. The van der Waals surface area contributed by atoms with E-state index in [1.54, 1.807) is 0 Å². The lowest BCUT2D eigenvalue weighted by Gasteiger charge is -2.27. The minimum absolute atomic E-state index is 0.0631. The van der Waals surface area contributed by atoms with E-state index in [-0.39, 0.29) is 18.8 Å². The number of aliphatic hydroxyl groups excluding tert-OH is 1. The zero-order chi connectivity index (χ0) is 13.5. The third-order valence-electron chi connectivity index (χ3n) is 3.34. The van der Waals surface area contributed by atoms with Crippen LogP contribution in [0.1, 0.15) is 30.1 Å². The topological polar surface area (TPSA) is 43.0 Å². The monoisotopic (exact) mass is 261 g/mol. The SMILES string of the molecule is [C-]#[N+]Cc1ccccc1C(CO)OC1CCOCC1. The van der Waals surface area contributed by atoms with Gasteiger partial charge in [-0.2, -0.15) is 0 Å². The highest BCUT2D eigenvalue weighted by Crippen LogP contribution is 2.26. The normalized spacial score (nSPS) is 17.9. The van der Waals surface area contributed by atoms with Crippen LogP contribution in [0.2, 0.25) is 0 Å². The van der Waals surface area contributed by atoms with Crippen LogP contribution >= 0.6 is 0 Å². The Morgan fingerprint density at radius 1 is 1.37 bits per heavy atom. The van der Waals surface area contributed by atoms with E-state index in [2.05, 4.69) is 4.85 Å². The van der Waals surface area contributed by atoms with Gasteiger partial charge in [0.15, 0.2) is 0 Å². The van der Waals surface area contributed by atoms with Crippen molar-refractivity contribution >= 4 is 0 Å². The van der Waals surface area contributed by atoms with Crippen molar-refractivity contribution in [3.8, 4) is 0 Å². The second-order valence-corrected chi connectivity index (χ2v) is 4.63. The smallest absolute Gasteiger partial charge is 0.240 e. The van der Waals surface area contributed by atoms with Gasteiger partial charge in [0.1, 0.15) is 6.10 Å². The molecule has 102 valence electrons. The van der Waals surface area contributed by atoms with Gasteiger partial charge in [-0.1, -0.05) is 24.3 Å². The summed E-state index contributed by atoms with van der Waals surface area (Å²) in [6.07, 6.45) is 1.51. The Morgan fingerprint density at radius 2 is 2.11 bits per heavy atom. The summed E-state index contributed by atoms with van der Waals surface area (Å²) >= 11 is 0. The van der Waals surface area contributed by atoms with Crippen molar-refractivity contribution in [2.24, 2.45) is 0 Å². The predicted molar refractivity (Wildman–Crippen MR) is 71.5 cm³/mol. The minimum atomic E-state index is -0.346. The zero-order valence-corrected chi connectivity index (χ0v) is 10.9. The summed E-state index contributed by atoms with van der Waals surface area (Å²) in [6.45, 7) is 8.68. The molecule has 2 rings (SSSR count). The summed E-state index contributed by atoms with van der Waals surface area (Å²) in [4.78, 5) is 3.42. The molecule has 1 fully saturated rings. The molecule has 0 aliphatic carbocycles. The third kappa shape index (κ3) is 3.77. The van der Waals surface area contributed by atoms with Crippen molar-refractivity contribution in [3.05, 3.63) is 46.8 Å². The fourth-order valence-electron chi connectivity index (χ4n) is 2.34. The number of aliphatic hydroxyl groups is 1. The van der Waals surface area contributed by atoms with Gasteiger partial charge in [-0.25, -0.2) is 6.57 Å². The standard InChI is InChI=1S/C15H19NO3/c1-16-10-12-4-2-3-5-14(12)15(11-17)19-13-6-8-18-9-7-13/h2-5,13,15,17H,6-11H2. The van der Waals surface area contributed by atoms with Crippen LogP contribution in [-0.2, 0) is 16.0 Å². The molecule has 1 aromatic rings. The van der Waals surface area contributed by atoms with Crippen molar-refractivity contribution in [2.45, 2.75) is 31.6 Å². The maximum Gasteiger partial charge on any atom is 0.240 e. The Balaban J connectivity index is 2.10. The lowest BCUT2D eigenvalue weighted by atomic mass is 10.0. The molecule has 1 heterocycles. The first kappa shape index (κ1) is 14.0. The minimum Gasteiger partial charge on any atom is -0.393 e. The number of hydrogen-bond donors (Lipinski definition) is 1. The molecule has 0 aromatic heterocycles. The molecule has 1 aliphatic heterocycles. The highest BCUT2D eigenvalue weighted by molar-refractivity contribution is 5.30. The Kier molecular flexibility index (Phi) is 5.34. The Hall–Kier alpha value is -1.41. The number of nitrogens with zero attached hydrogens (tertiary/aromatic N) is 1. The zero-order valence-electron chi connectivity index (χ0n) is 10.9. The summed E-state index contributed by atoms with van der Waals surface area (Å²) in [7, 11) is 0. The van der Waals surface area contributed by atoms with Crippen molar-refractivity contribution in [1.29, 1.82) is 0 Å². The fraction of sp³-hybridized carbons (Fsp3) is 0.533. The van der Waals surface area contributed by atoms with E-state index < -0.39 is 0 Å². The van der Waals surface area contributed by atoms with Gasteiger partial charge in [0.2, 0.25) is 6.54 Å². The van der Waals surface area contributed by atoms with Crippen LogP contribution in [0.4, 0.5) is 0 Å². The van der Waals surface area contributed by atoms with Gasteiger partial charge in [0, 0.05) is 18.8 Å². The molecule has 0 radical (unpaired) electrons. The van der Waals surface area contributed by atoms with Crippen LogP contribution in [0.5, 0.6) is 0 Å². The van der Waals surface area contributed by atoms with Gasteiger partial charge >= 0.3 is 0 Å². The predicted octanol–water partition coefficient (Wildman–Crippen LogP) is 2.33. The van der Waals surface area contributed by atoms with Crippen LogP contribution in [0, 0.1) is 6.57 Å². The number of hydrogen-bond acceptors (Lipinski definition) is 3. The Labute approximate surface area is 113 Å². The third-order valence-corrected chi connectivity index (χ3v) is 3.34. The average Bonchev–Trinajstić information content (AvgIpc) is 2.47. The lowest BCUT2D eigenvalue weighted by molar-refractivity contribution is -0.0850. The average molecular weight is 261 g/mol. The second kappa shape index (κ2) is 7.25. The molecule has 1 aromatic carbocycles. The van der Waals surface area contributed by atoms with Gasteiger partial charge in [-0.15, -0.1) is 0 Å². The maximum absolute atomic E-state index is 9.57. The lowest BCUT2D eigenvalue weighted by Crippen LogP contribution is -2.26. The second-order valence-electron chi connectivity index (χ2n) is 4.63. The summed E-state index contributed by atoms with van der Waals surface area (Å²) in [5.41, 5.74) is 1.86. The molecule has 4 heteroatoms. The molecule has 0 spiro atoms. The van der Waals surface area contributed by atoms with Gasteiger partial charge < -0.3 is 19.4 Å². The van der Waals surface area contributed by atoms with Crippen molar-refractivity contribution < 1.29 is 14.6 Å². The van der Waals surface area contributed by atoms with Gasteiger partial charge in [0.25, 0.3) is 0 Å². The number of ether oxygens (including phenoxy) is 2. The maximum atomic E-state index is 9.57. The largest absolute Gasteiger partial charge is 0.393 e. The van der Waals surface area contributed by atoms with E-state index in [4.69, 9.17) is 16.0 Å². The van der Waals surface area contributed by atoms with Crippen LogP contribution in [-0.4, -0.2) is 31.0 Å². The first-order chi connectivity index (χ1) is 9.35. The first-order valence-electron chi connectivity index (χ1n) is 6.60. The molecule has 0 bridgehead atoms. The van der Waals surface area contributed by atoms with Crippen molar-refractivity contribution in [1.82, 2.24) is 0 Å². The van der Waals surface area contributed by atoms with E-state index in [1.165, 1.54) is 0 Å². The van der Waals surface area contributed by atoms with Gasteiger partial charge in [0.05, 0.1) is 12.7 Å². The molecule has 0 amide bonds. The molecule has 1 atom stereocenters. The van der Waals surface area contributed by atoms with E-state index >= 15 is 0 Å². The van der Waals surface area contributed by atoms with E-state index in [1.807, 2.05) is 24.3 Å². The van der Waals surface area contributed by atoms with Crippen LogP contribution in [0.25, 0.3) is 4.85 Å². The van der Waals surface area contributed by atoms with E-state index in [0.29, 0.717) is 19.8 Å². The van der Waals surface area contributed by atoms with Crippen LogP contribution in [0.15, 0.2) is 24.3 Å². The summed E-state index contributed by atoms with van der Waals surface area (Å²) in [6, 6.07) is 7.68. The molecule has 0 saturated carbocycles. The summed E-state index contributed by atoms with van der Waals surface area (Å²) in [5, 5.41) is 9.57. The molecule has 1 aliphatic rings. The number of benzene rings is 1. The highest BCUT2D eigenvalue weighted by Gasteiger charge is 2.22. The van der Waals surface area contributed by atoms with Crippen molar-refractivity contribution in [3.63, 3.8) is 0 Å². The molecule has 1 N–H and O–H groups in total. The molecular weight excluding hydrogens is 242 g/mol. The van der Waals surface area contributed by atoms with Gasteiger partial charge in [-0.3, -0.25) is 0 Å². The number of rotatable bonds is 5. The highest BCUT2D eigenvalue weighted by atomic mass is 16.5.